The van der Waals surface area contributed by atoms with Crippen LogP contribution in [-0.4, -0.2) is 5.91 Å². The van der Waals surface area contributed by atoms with Crippen LogP contribution in [0.1, 0.15) is 70.1 Å². The van der Waals surface area contributed by atoms with Gasteiger partial charge in [0.15, 0.2) is 0 Å². The Hall–Kier alpha value is -1.61. The van der Waals surface area contributed by atoms with Crippen LogP contribution in [0.3, 0.4) is 0 Å². The van der Waals surface area contributed by atoms with Crippen molar-refractivity contribution in [3.05, 3.63) is 56.8 Å². The van der Waals surface area contributed by atoms with Crippen molar-refractivity contribution in [1.82, 2.24) is 5.32 Å². The summed E-state index contributed by atoms with van der Waals surface area (Å²) in [4.78, 5) is 14.3. The standard InChI is InChI=1S/C20H23NOS/c22-20(17-13-23-19-12-3-1-2-10-16(17)19)21-18-11-6-8-14-7-4-5-9-15(14)18/h4-5,7,9,13,18H,1-3,6,8,10-12H2,(H,21,22)/t18-/m1/s1. The molecule has 0 fully saturated rings. The van der Waals surface area contributed by atoms with Gasteiger partial charge >= 0.3 is 0 Å². The van der Waals surface area contributed by atoms with Gasteiger partial charge in [0, 0.05) is 10.3 Å². The average Bonchev–Trinajstić information content (AvgIpc) is 2.84. The summed E-state index contributed by atoms with van der Waals surface area (Å²) in [7, 11) is 0. The highest BCUT2D eigenvalue weighted by Crippen LogP contribution is 2.32. The molecule has 2 aromatic rings. The third-order valence-corrected chi connectivity index (χ3v) is 6.32. The molecule has 0 saturated heterocycles. The van der Waals surface area contributed by atoms with Crippen LogP contribution in [0.2, 0.25) is 0 Å². The number of carbonyl (C=O) groups is 1. The minimum Gasteiger partial charge on any atom is -0.345 e. The Balaban J connectivity index is 1.56. The maximum Gasteiger partial charge on any atom is 0.252 e. The van der Waals surface area contributed by atoms with E-state index in [0.717, 1.165) is 37.7 Å². The smallest absolute Gasteiger partial charge is 0.252 e. The number of fused-ring (bicyclic) bond motifs is 2. The normalized spacial score (nSPS) is 20.3. The molecule has 1 atom stereocenters. The van der Waals surface area contributed by atoms with Crippen molar-refractivity contribution in [3.8, 4) is 0 Å². The van der Waals surface area contributed by atoms with Crippen molar-refractivity contribution in [1.29, 1.82) is 0 Å². The van der Waals surface area contributed by atoms with E-state index >= 15 is 0 Å². The Bertz CT molecular complexity index is 718. The Morgan fingerprint density at radius 1 is 1.04 bits per heavy atom. The van der Waals surface area contributed by atoms with Crippen LogP contribution < -0.4 is 5.32 Å². The van der Waals surface area contributed by atoms with E-state index in [2.05, 4.69) is 35.0 Å². The summed E-state index contributed by atoms with van der Waals surface area (Å²) in [6.45, 7) is 0. The third-order valence-electron chi connectivity index (χ3n) is 5.23. The van der Waals surface area contributed by atoms with Gasteiger partial charge in [-0.2, -0.15) is 0 Å². The predicted molar refractivity (Wildman–Crippen MR) is 95.2 cm³/mol. The van der Waals surface area contributed by atoms with Gasteiger partial charge in [-0.1, -0.05) is 30.7 Å². The van der Waals surface area contributed by atoms with Crippen molar-refractivity contribution in [2.45, 2.75) is 57.4 Å². The zero-order chi connectivity index (χ0) is 15.6. The summed E-state index contributed by atoms with van der Waals surface area (Å²) in [6.07, 6.45) is 9.34. The minimum atomic E-state index is 0.131. The van der Waals surface area contributed by atoms with Gasteiger partial charge in [0.2, 0.25) is 0 Å². The van der Waals surface area contributed by atoms with E-state index in [9.17, 15) is 4.79 Å². The zero-order valence-corrected chi connectivity index (χ0v) is 14.3. The molecule has 0 unspecified atom stereocenters. The van der Waals surface area contributed by atoms with Gasteiger partial charge in [-0.25, -0.2) is 0 Å². The summed E-state index contributed by atoms with van der Waals surface area (Å²) in [6, 6.07) is 8.73. The number of hydrogen-bond donors (Lipinski definition) is 1. The molecule has 1 aromatic heterocycles. The molecule has 1 aromatic carbocycles. The number of aryl methyl sites for hydroxylation is 2. The fourth-order valence-corrected chi connectivity index (χ4v) is 5.13. The first-order chi connectivity index (χ1) is 11.3. The fourth-order valence-electron chi connectivity index (χ4n) is 4.00. The number of carbonyl (C=O) groups excluding carboxylic acids is 1. The molecule has 0 bridgehead atoms. The molecule has 2 aliphatic carbocycles. The predicted octanol–water partition coefficient (Wildman–Crippen LogP) is 4.82. The van der Waals surface area contributed by atoms with Gasteiger partial charge in [0.25, 0.3) is 5.91 Å². The van der Waals surface area contributed by atoms with E-state index in [4.69, 9.17) is 0 Å². The second kappa shape index (κ2) is 6.48. The highest BCUT2D eigenvalue weighted by atomic mass is 32.1. The Labute approximate surface area is 141 Å². The van der Waals surface area contributed by atoms with Crippen molar-refractivity contribution < 1.29 is 4.79 Å². The topological polar surface area (TPSA) is 29.1 Å². The molecule has 1 heterocycles. The lowest BCUT2D eigenvalue weighted by Gasteiger charge is -2.26. The number of thiophene rings is 1. The summed E-state index contributed by atoms with van der Waals surface area (Å²) in [5.41, 5.74) is 4.98. The quantitative estimate of drug-likeness (QED) is 0.788. The summed E-state index contributed by atoms with van der Waals surface area (Å²) >= 11 is 1.78. The largest absolute Gasteiger partial charge is 0.345 e. The number of benzene rings is 1. The second-order valence-corrected chi connectivity index (χ2v) is 7.69. The number of rotatable bonds is 2. The molecule has 0 saturated carbocycles. The van der Waals surface area contributed by atoms with Crippen molar-refractivity contribution >= 4 is 17.2 Å². The van der Waals surface area contributed by atoms with E-state index in [0.29, 0.717) is 0 Å². The molecule has 2 nitrogen and oxygen atoms in total. The molecule has 3 heteroatoms. The zero-order valence-electron chi connectivity index (χ0n) is 13.4. The Morgan fingerprint density at radius 3 is 2.87 bits per heavy atom. The van der Waals surface area contributed by atoms with Crippen LogP contribution in [0, 0.1) is 0 Å². The minimum absolute atomic E-state index is 0.131. The van der Waals surface area contributed by atoms with Crippen LogP contribution in [0.25, 0.3) is 0 Å². The molecule has 120 valence electrons. The average molecular weight is 325 g/mol. The molecule has 1 N–H and O–H groups in total. The fraction of sp³-hybridized carbons (Fsp3) is 0.450. The summed E-state index contributed by atoms with van der Waals surface area (Å²) < 4.78 is 0. The maximum atomic E-state index is 12.9. The monoisotopic (exact) mass is 325 g/mol. The molecule has 4 rings (SSSR count). The van der Waals surface area contributed by atoms with Crippen LogP contribution in [0.5, 0.6) is 0 Å². The van der Waals surface area contributed by atoms with Crippen LogP contribution in [0.15, 0.2) is 29.6 Å². The molecular formula is C20H23NOS. The van der Waals surface area contributed by atoms with Crippen LogP contribution >= 0.6 is 11.3 Å². The highest BCUT2D eigenvalue weighted by Gasteiger charge is 2.24. The lowest BCUT2D eigenvalue weighted by atomic mass is 9.87. The van der Waals surface area contributed by atoms with E-state index in [1.54, 1.807) is 11.3 Å². The number of amides is 1. The van der Waals surface area contributed by atoms with Gasteiger partial charge in [0.05, 0.1) is 11.6 Å². The second-order valence-electron chi connectivity index (χ2n) is 6.73. The lowest BCUT2D eigenvalue weighted by Crippen LogP contribution is -2.31. The van der Waals surface area contributed by atoms with Crippen LogP contribution in [0.4, 0.5) is 0 Å². The van der Waals surface area contributed by atoms with E-state index < -0.39 is 0 Å². The SMILES string of the molecule is O=C(N[C@@H]1CCCc2ccccc21)c1csc2c1CCCCC2. The molecule has 1 amide bonds. The van der Waals surface area contributed by atoms with E-state index in [1.807, 2.05) is 0 Å². The van der Waals surface area contributed by atoms with Gasteiger partial charge in [-0.3, -0.25) is 4.79 Å². The van der Waals surface area contributed by atoms with Crippen molar-refractivity contribution in [3.63, 3.8) is 0 Å². The van der Waals surface area contributed by atoms with E-state index in [-0.39, 0.29) is 11.9 Å². The summed E-state index contributed by atoms with van der Waals surface area (Å²) in [5, 5.41) is 5.40. The molecule has 2 aliphatic rings. The number of hydrogen-bond acceptors (Lipinski definition) is 2. The molecular weight excluding hydrogens is 302 g/mol. The van der Waals surface area contributed by atoms with Gasteiger partial charge in [0.1, 0.15) is 0 Å². The molecule has 23 heavy (non-hydrogen) atoms. The Kier molecular flexibility index (Phi) is 4.21. The molecule has 0 radical (unpaired) electrons. The first-order valence-electron chi connectivity index (χ1n) is 8.81. The molecule has 0 spiro atoms. The van der Waals surface area contributed by atoms with Crippen molar-refractivity contribution in [2.24, 2.45) is 0 Å². The van der Waals surface area contributed by atoms with Gasteiger partial charge in [-0.05, 0) is 61.6 Å². The Morgan fingerprint density at radius 2 is 1.91 bits per heavy atom. The van der Waals surface area contributed by atoms with Crippen LogP contribution in [-0.2, 0) is 19.3 Å². The maximum absolute atomic E-state index is 12.9. The highest BCUT2D eigenvalue weighted by molar-refractivity contribution is 7.10. The number of nitrogens with one attached hydrogen (secondary N) is 1. The summed E-state index contributed by atoms with van der Waals surface area (Å²) in [5.74, 6) is 0.131. The first kappa shape index (κ1) is 14.9. The third kappa shape index (κ3) is 2.94. The lowest BCUT2D eigenvalue weighted by molar-refractivity contribution is 0.0932. The van der Waals surface area contributed by atoms with Gasteiger partial charge in [-0.15, -0.1) is 11.3 Å². The van der Waals surface area contributed by atoms with Gasteiger partial charge < -0.3 is 5.32 Å². The first-order valence-corrected chi connectivity index (χ1v) is 9.69. The van der Waals surface area contributed by atoms with Crippen molar-refractivity contribution in [2.75, 3.05) is 0 Å². The molecule has 0 aliphatic heterocycles. The van der Waals surface area contributed by atoms with E-state index in [1.165, 1.54) is 40.8 Å².